The molecule has 3 rings (SSSR count). The van der Waals surface area contributed by atoms with Crippen molar-refractivity contribution < 1.29 is 9.50 Å². The molecule has 2 aromatic heterocycles. The second-order valence-corrected chi connectivity index (χ2v) is 7.32. The van der Waals surface area contributed by atoms with Crippen molar-refractivity contribution in [1.82, 2.24) is 14.6 Å². The molecule has 0 spiro atoms. The van der Waals surface area contributed by atoms with Gasteiger partial charge in [0.25, 0.3) is 0 Å². The second-order valence-electron chi connectivity index (χ2n) is 5.41. The molecule has 0 aliphatic heterocycles. The van der Waals surface area contributed by atoms with E-state index >= 15 is 0 Å². The Bertz CT molecular complexity index is 1060. The predicted molar refractivity (Wildman–Crippen MR) is 109 cm³/mol. The van der Waals surface area contributed by atoms with Crippen molar-refractivity contribution >= 4 is 44.0 Å². The van der Waals surface area contributed by atoms with Gasteiger partial charge in [-0.1, -0.05) is 46.9 Å². The van der Waals surface area contributed by atoms with Gasteiger partial charge in [-0.15, -0.1) is 0 Å². The van der Waals surface area contributed by atoms with Gasteiger partial charge in [-0.25, -0.2) is 13.9 Å². The van der Waals surface area contributed by atoms with E-state index < -0.39 is 5.82 Å². The van der Waals surface area contributed by atoms with Crippen LogP contribution in [0.15, 0.2) is 59.4 Å². The number of hydrogen-bond acceptors (Lipinski definition) is 4. The van der Waals surface area contributed by atoms with Gasteiger partial charge >= 0.3 is 0 Å². The van der Waals surface area contributed by atoms with Crippen LogP contribution in [0.3, 0.4) is 0 Å². The van der Waals surface area contributed by atoms with Crippen LogP contribution in [0.1, 0.15) is 18.3 Å². The zero-order valence-electron chi connectivity index (χ0n) is 13.9. The minimum Gasteiger partial charge on any atom is -0.506 e. The molecular formula is C19H15BrFN3OS. The Hall–Kier alpha value is -2.38. The number of fused-ring (bicyclic) bond motifs is 1. The lowest BCUT2D eigenvalue weighted by molar-refractivity contribution is 0.510. The number of hydrogen-bond donors (Lipinski definition) is 1. The van der Waals surface area contributed by atoms with Crippen LogP contribution in [0.5, 0.6) is 0 Å². The highest BCUT2D eigenvalue weighted by molar-refractivity contribution is 9.10. The summed E-state index contributed by atoms with van der Waals surface area (Å²) >= 11 is 4.67. The number of thioether (sulfide) groups is 1. The average Bonchev–Trinajstić information content (AvgIpc) is 3.02. The van der Waals surface area contributed by atoms with Crippen LogP contribution in [-0.4, -0.2) is 19.7 Å². The molecule has 4 nitrogen and oxygen atoms in total. The number of rotatable bonds is 5. The summed E-state index contributed by atoms with van der Waals surface area (Å²) in [6.07, 6.45) is 1.89. The van der Waals surface area contributed by atoms with Crippen molar-refractivity contribution in [1.29, 1.82) is 0 Å². The number of benzene rings is 1. The second kappa shape index (κ2) is 7.47. The SMILES string of the molecule is C=C(O)c1cc(C(=C)S/C=C\C)n2nc(-c3ccc(Br)cc3F)cc2n1. The lowest BCUT2D eigenvalue weighted by atomic mass is 10.1. The monoisotopic (exact) mass is 431 g/mol. The Morgan fingerprint density at radius 2 is 2.08 bits per heavy atom. The minimum absolute atomic E-state index is 0.157. The number of allylic oxidation sites excluding steroid dienone is 1. The first-order valence-corrected chi connectivity index (χ1v) is 9.29. The molecule has 0 radical (unpaired) electrons. The highest BCUT2D eigenvalue weighted by atomic mass is 79.9. The molecule has 3 aromatic rings. The Morgan fingerprint density at radius 3 is 2.73 bits per heavy atom. The van der Waals surface area contributed by atoms with E-state index in [1.807, 2.05) is 18.4 Å². The third-order valence-corrected chi connectivity index (χ3v) is 4.96. The molecule has 0 bridgehead atoms. The van der Waals surface area contributed by atoms with E-state index in [1.165, 1.54) is 17.8 Å². The van der Waals surface area contributed by atoms with Crippen molar-refractivity contribution in [3.63, 3.8) is 0 Å². The standard InChI is InChI=1S/C19H15BrFN3OS/c1-4-7-26-12(3)18-9-16(11(2)25)22-19-10-17(23-24(18)19)14-6-5-13(20)8-15(14)21/h4-10,25H,2-3H2,1H3/b7-4-. The molecule has 0 atom stereocenters. The van der Waals surface area contributed by atoms with E-state index in [0.29, 0.717) is 37.7 Å². The molecule has 0 saturated heterocycles. The molecular weight excluding hydrogens is 417 g/mol. The van der Waals surface area contributed by atoms with Crippen molar-refractivity contribution in [2.24, 2.45) is 0 Å². The number of nitrogens with zero attached hydrogens (tertiary/aromatic N) is 3. The molecule has 0 amide bonds. The molecule has 1 aromatic carbocycles. The highest BCUT2D eigenvalue weighted by Gasteiger charge is 2.16. The smallest absolute Gasteiger partial charge is 0.157 e. The van der Waals surface area contributed by atoms with Crippen LogP contribution in [0.25, 0.3) is 27.6 Å². The third-order valence-electron chi connectivity index (χ3n) is 3.56. The first-order valence-electron chi connectivity index (χ1n) is 7.62. The highest BCUT2D eigenvalue weighted by Crippen LogP contribution is 2.31. The van der Waals surface area contributed by atoms with Crippen LogP contribution in [0.2, 0.25) is 0 Å². The zero-order valence-corrected chi connectivity index (χ0v) is 16.3. The maximum Gasteiger partial charge on any atom is 0.157 e. The van der Waals surface area contributed by atoms with Crippen molar-refractivity contribution in [2.45, 2.75) is 6.92 Å². The van der Waals surface area contributed by atoms with Gasteiger partial charge in [0.1, 0.15) is 17.3 Å². The van der Waals surface area contributed by atoms with Gasteiger partial charge in [-0.05, 0) is 36.6 Å². The van der Waals surface area contributed by atoms with Crippen molar-refractivity contribution in [3.8, 4) is 11.3 Å². The number of aliphatic hydroxyl groups excluding tert-OH is 1. The summed E-state index contributed by atoms with van der Waals surface area (Å²) in [7, 11) is 0. The number of halogens is 2. The Morgan fingerprint density at radius 1 is 1.31 bits per heavy atom. The van der Waals surface area contributed by atoms with Gasteiger partial charge in [0.05, 0.1) is 11.4 Å². The molecule has 2 heterocycles. The summed E-state index contributed by atoms with van der Waals surface area (Å²) in [4.78, 5) is 5.05. The molecule has 1 N–H and O–H groups in total. The van der Waals surface area contributed by atoms with Crippen molar-refractivity contribution in [2.75, 3.05) is 0 Å². The summed E-state index contributed by atoms with van der Waals surface area (Å²) < 4.78 is 16.5. The Kier molecular flexibility index (Phi) is 5.29. The topological polar surface area (TPSA) is 50.4 Å². The van der Waals surface area contributed by atoms with Gasteiger partial charge in [0, 0.05) is 21.0 Å². The normalized spacial score (nSPS) is 11.3. The lowest BCUT2D eigenvalue weighted by Crippen LogP contribution is -2.01. The minimum atomic E-state index is -0.391. The molecule has 7 heteroatoms. The summed E-state index contributed by atoms with van der Waals surface area (Å²) in [5, 5.41) is 16.1. The molecule has 0 fully saturated rings. The zero-order chi connectivity index (χ0) is 18.8. The van der Waals surface area contributed by atoms with Gasteiger partial charge in [-0.2, -0.15) is 5.10 Å². The van der Waals surface area contributed by atoms with Crippen LogP contribution in [0.4, 0.5) is 4.39 Å². The molecule has 26 heavy (non-hydrogen) atoms. The number of aliphatic hydroxyl groups is 1. The summed E-state index contributed by atoms with van der Waals surface area (Å²) in [6, 6.07) is 8.10. The van der Waals surface area contributed by atoms with Crippen LogP contribution in [-0.2, 0) is 0 Å². The lowest BCUT2D eigenvalue weighted by Gasteiger charge is -2.08. The van der Waals surface area contributed by atoms with Crippen molar-refractivity contribution in [3.05, 3.63) is 76.7 Å². The van der Waals surface area contributed by atoms with E-state index in [0.717, 1.165) is 0 Å². The molecule has 0 aliphatic rings. The fourth-order valence-electron chi connectivity index (χ4n) is 2.36. The van der Waals surface area contributed by atoms with E-state index in [-0.39, 0.29) is 5.76 Å². The Labute approximate surface area is 162 Å². The summed E-state index contributed by atoms with van der Waals surface area (Å²) in [5.41, 5.74) is 2.23. The summed E-state index contributed by atoms with van der Waals surface area (Å²) in [6.45, 7) is 9.50. The first-order chi connectivity index (χ1) is 12.4. The van der Waals surface area contributed by atoms with Gasteiger partial charge < -0.3 is 5.11 Å². The molecule has 132 valence electrons. The average molecular weight is 432 g/mol. The molecule has 0 aliphatic carbocycles. The maximum absolute atomic E-state index is 14.3. The van der Waals surface area contributed by atoms with Gasteiger partial charge in [-0.3, -0.25) is 0 Å². The Balaban J connectivity index is 2.21. The number of aromatic nitrogens is 3. The van der Waals surface area contributed by atoms with E-state index in [4.69, 9.17) is 0 Å². The first kappa shape index (κ1) is 18.4. The van der Waals surface area contributed by atoms with Gasteiger partial charge in [0.15, 0.2) is 5.65 Å². The van der Waals surface area contributed by atoms with E-state index in [2.05, 4.69) is 39.2 Å². The van der Waals surface area contributed by atoms with Crippen LogP contribution >= 0.6 is 27.7 Å². The molecule has 0 unspecified atom stereocenters. The van der Waals surface area contributed by atoms with Crippen LogP contribution in [0, 0.1) is 5.82 Å². The summed E-state index contributed by atoms with van der Waals surface area (Å²) in [5.74, 6) is -0.548. The van der Waals surface area contributed by atoms with Crippen LogP contribution < -0.4 is 0 Å². The quantitative estimate of drug-likeness (QED) is 0.498. The molecule has 0 saturated carbocycles. The largest absolute Gasteiger partial charge is 0.506 e. The maximum atomic E-state index is 14.3. The van der Waals surface area contributed by atoms with E-state index in [9.17, 15) is 9.50 Å². The predicted octanol–water partition coefficient (Wildman–Crippen LogP) is 6.06. The third kappa shape index (κ3) is 3.59. The van der Waals surface area contributed by atoms with Gasteiger partial charge in [0.2, 0.25) is 0 Å². The fraction of sp³-hybridized carbons (Fsp3) is 0.0526. The fourth-order valence-corrected chi connectivity index (χ4v) is 3.26. The van der Waals surface area contributed by atoms with E-state index in [1.54, 1.807) is 28.8 Å².